The lowest BCUT2D eigenvalue weighted by Gasteiger charge is -2.24. The molecule has 0 saturated carbocycles. The number of benzene rings is 1. The number of carbonyl (C=O) groups is 1. The van der Waals surface area contributed by atoms with Crippen LogP contribution in [0, 0.1) is 6.92 Å². The van der Waals surface area contributed by atoms with E-state index in [9.17, 15) is 4.79 Å². The monoisotopic (exact) mass is 487 g/mol. The fourth-order valence-corrected chi connectivity index (χ4v) is 6.07. The molecule has 0 saturated heterocycles. The van der Waals surface area contributed by atoms with Gasteiger partial charge in [0.25, 0.3) is 5.91 Å². The fourth-order valence-electron chi connectivity index (χ4n) is 4.75. The summed E-state index contributed by atoms with van der Waals surface area (Å²) in [6, 6.07) is 15.1. The molecule has 1 aliphatic carbocycles. The van der Waals surface area contributed by atoms with Gasteiger partial charge < -0.3 is 24.5 Å². The predicted molar refractivity (Wildman–Crippen MR) is 135 cm³/mol. The van der Waals surface area contributed by atoms with Crippen molar-refractivity contribution in [1.82, 2.24) is 4.98 Å². The summed E-state index contributed by atoms with van der Waals surface area (Å²) in [6.45, 7) is 2.19. The van der Waals surface area contributed by atoms with Crippen molar-refractivity contribution in [1.29, 1.82) is 0 Å². The summed E-state index contributed by atoms with van der Waals surface area (Å²) in [5.41, 5.74) is 4.32. The van der Waals surface area contributed by atoms with Gasteiger partial charge in [-0.25, -0.2) is 4.98 Å². The second-order valence-electron chi connectivity index (χ2n) is 8.74. The molecule has 2 aliphatic rings. The van der Waals surface area contributed by atoms with Crippen molar-refractivity contribution in [3.05, 3.63) is 87.8 Å². The molecule has 1 atom stereocenters. The Morgan fingerprint density at radius 3 is 2.80 bits per heavy atom. The van der Waals surface area contributed by atoms with Gasteiger partial charge in [0.2, 0.25) is 6.79 Å². The van der Waals surface area contributed by atoms with Crippen LogP contribution in [0.2, 0.25) is 0 Å². The van der Waals surface area contributed by atoms with E-state index < -0.39 is 0 Å². The maximum absolute atomic E-state index is 13.0. The maximum atomic E-state index is 13.0. The van der Waals surface area contributed by atoms with Crippen LogP contribution in [0.25, 0.3) is 0 Å². The quantitative estimate of drug-likeness (QED) is 0.342. The number of aromatic nitrogens is 1. The van der Waals surface area contributed by atoms with Crippen LogP contribution >= 0.6 is 11.3 Å². The first-order valence-electron chi connectivity index (χ1n) is 11.7. The number of fused-ring (bicyclic) bond motifs is 2. The molecular weight excluding hydrogens is 462 g/mol. The second-order valence-corrected chi connectivity index (χ2v) is 9.84. The summed E-state index contributed by atoms with van der Waals surface area (Å²) >= 11 is 1.66. The molecule has 0 radical (unpaired) electrons. The van der Waals surface area contributed by atoms with Gasteiger partial charge in [0.05, 0.1) is 12.3 Å². The van der Waals surface area contributed by atoms with Crippen molar-refractivity contribution < 1.29 is 18.7 Å². The van der Waals surface area contributed by atoms with E-state index >= 15 is 0 Å². The van der Waals surface area contributed by atoms with E-state index in [0.29, 0.717) is 0 Å². The minimum absolute atomic E-state index is 0.217. The van der Waals surface area contributed by atoms with Crippen LogP contribution in [0.15, 0.2) is 59.2 Å². The van der Waals surface area contributed by atoms with Crippen molar-refractivity contribution in [2.24, 2.45) is 0 Å². The van der Waals surface area contributed by atoms with E-state index in [2.05, 4.69) is 10.6 Å². The first-order valence-corrected chi connectivity index (χ1v) is 12.6. The Morgan fingerprint density at radius 1 is 1.06 bits per heavy atom. The number of rotatable bonds is 6. The Morgan fingerprint density at radius 2 is 1.94 bits per heavy atom. The molecule has 0 fully saturated rings. The number of amides is 1. The standard InChI is InChI=1S/C27H25N3O4S/c1-16-6-4-10-23(28-16)29-25(17-11-12-19-21(14-17)34-15-33-19)24-18-7-2-3-9-22(18)35-27(24)30-26(31)20-8-5-13-32-20/h4-6,8,10-14,25H,2-3,7,9,15H2,1H3,(H,28,29)(H,30,31)/t25-/m1/s1. The molecule has 8 heteroatoms. The highest BCUT2D eigenvalue weighted by molar-refractivity contribution is 7.16. The van der Waals surface area contributed by atoms with E-state index in [1.54, 1.807) is 23.5 Å². The molecule has 1 amide bonds. The lowest BCUT2D eigenvalue weighted by atomic mass is 9.89. The molecule has 3 aromatic heterocycles. The van der Waals surface area contributed by atoms with Crippen LogP contribution in [0.5, 0.6) is 11.5 Å². The van der Waals surface area contributed by atoms with Crippen molar-refractivity contribution in [2.75, 3.05) is 17.4 Å². The first-order chi connectivity index (χ1) is 17.2. The number of hydrogen-bond acceptors (Lipinski definition) is 7. The average Bonchev–Trinajstić information content (AvgIpc) is 3.62. The molecule has 4 aromatic rings. The Kier molecular flexibility index (Phi) is 5.66. The van der Waals surface area contributed by atoms with E-state index in [4.69, 9.17) is 18.9 Å². The molecule has 7 nitrogen and oxygen atoms in total. The number of nitrogens with zero attached hydrogens (tertiary/aromatic N) is 1. The van der Waals surface area contributed by atoms with Crippen molar-refractivity contribution >= 4 is 28.1 Å². The number of ether oxygens (including phenoxy) is 2. The number of pyridine rings is 1. The zero-order chi connectivity index (χ0) is 23.8. The number of nitrogens with one attached hydrogen (secondary N) is 2. The lowest BCUT2D eigenvalue weighted by molar-refractivity contribution is 0.0997. The predicted octanol–water partition coefficient (Wildman–Crippen LogP) is 6.11. The van der Waals surface area contributed by atoms with Gasteiger partial charge in [-0.3, -0.25) is 4.79 Å². The van der Waals surface area contributed by atoms with Gasteiger partial charge in [0, 0.05) is 16.1 Å². The number of furan rings is 1. The molecule has 1 aromatic carbocycles. The summed E-state index contributed by atoms with van der Waals surface area (Å²) < 4.78 is 16.6. The van der Waals surface area contributed by atoms with Crippen LogP contribution in [0.1, 0.15) is 56.7 Å². The zero-order valence-electron chi connectivity index (χ0n) is 19.3. The van der Waals surface area contributed by atoms with Gasteiger partial charge in [-0.15, -0.1) is 11.3 Å². The minimum atomic E-state index is -0.257. The van der Waals surface area contributed by atoms with Gasteiger partial charge in [0.15, 0.2) is 17.3 Å². The highest BCUT2D eigenvalue weighted by atomic mass is 32.1. The average molecular weight is 488 g/mol. The van der Waals surface area contributed by atoms with E-state index in [0.717, 1.165) is 64.8 Å². The molecule has 178 valence electrons. The Balaban J connectivity index is 1.47. The normalized spacial score (nSPS) is 14.9. The molecule has 1 aliphatic heterocycles. The molecule has 0 bridgehead atoms. The van der Waals surface area contributed by atoms with Gasteiger partial charge in [-0.2, -0.15) is 0 Å². The smallest absolute Gasteiger partial charge is 0.291 e. The van der Waals surface area contributed by atoms with Crippen LogP contribution in [-0.4, -0.2) is 17.7 Å². The Labute approximate surface area is 207 Å². The third-order valence-corrected chi connectivity index (χ3v) is 7.61. The second kappa shape index (κ2) is 9.11. The summed E-state index contributed by atoms with van der Waals surface area (Å²) in [5, 5.41) is 7.63. The third-order valence-electron chi connectivity index (χ3n) is 6.38. The fraction of sp³-hybridized carbons (Fsp3) is 0.259. The number of thiophene rings is 1. The minimum Gasteiger partial charge on any atom is -0.459 e. The van der Waals surface area contributed by atoms with E-state index in [1.165, 1.54) is 16.7 Å². The molecule has 2 N–H and O–H groups in total. The molecule has 6 rings (SSSR count). The van der Waals surface area contributed by atoms with Gasteiger partial charge in [-0.05, 0) is 80.1 Å². The number of anilines is 2. The Bertz CT molecular complexity index is 1380. The summed E-state index contributed by atoms with van der Waals surface area (Å²) in [7, 11) is 0. The van der Waals surface area contributed by atoms with Gasteiger partial charge in [-0.1, -0.05) is 12.1 Å². The van der Waals surface area contributed by atoms with Gasteiger partial charge >= 0.3 is 0 Å². The highest BCUT2D eigenvalue weighted by Gasteiger charge is 2.30. The maximum Gasteiger partial charge on any atom is 0.291 e. The lowest BCUT2D eigenvalue weighted by Crippen LogP contribution is -2.19. The highest BCUT2D eigenvalue weighted by Crippen LogP contribution is 2.46. The van der Waals surface area contributed by atoms with Crippen LogP contribution < -0.4 is 20.1 Å². The van der Waals surface area contributed by atoms with Crippen molar-refractivity contribution in [2.45, 2.75) is 38.6 Å². The summed E-state index contributed by atoms with van der Waals surface area (Å²) in [6.07, 6.45) is 5.77. The third kappa shape index (κ3) is 4.25. The topological polar surface area (TPSA) is 85.6 Å². The Hall–Kier alpha value is -3.78. The molecule has 0 spiro atoms. The van der Waals surface area contributed by atoms with E-state index in [1.807, 2.05) is 43.3 Å². The van der Waals surface area contributed by atoms with Crippen molar-refractivity contribution in [3.8, 4) is 11.5 Å². The van der Waals surface area contributed by atoms with Crippen LogP contribution in [0.3, 0.4) is 0 Å². The van der Waals surface area contributed by atoms with Crippen LogP contribution in [0.4, 0.5) is 10.8 Å². The molecule has 4 heterocycles. The molecule has 0 unspecified atom stereocenters. The number of hydrogen-bond donors (Lipinski definition) is 2. The summed E-state index contributed by atoms with van der Waals surface area (Å²) in [5.74, 6) is 2.26. The van der Waals surface area contributed by atoms with Crippen molar-refractivity contribution in [3.63, 3.8) is 0 Å². The SMILES string of the molecule is Cc1cccc(N[C@H](c2ccc3c(c2)OCO3)c2c(NC(=O)c3ccco3)sc3c2CCCC3)n1. The van der Waals surface area contributed by atoms with Gasteiger partial charge in [0.1, 0.15) is 10.8 Å². The first kappa shape index (κ1) is 21.7. The zero-order valence-corrected chi connectivity index (χ0v) is 20.1. The van der Waals surface area contributed by atoms with Crippen LogP contribution in [-0.2, 0) is 12.8 Å². The molecule has 35 heavy (non-hydrogen) atoms. The number of carbonyl (C=O) groups excluding carboxylic acids is 1. The largest absolute Gasteiger partial charge is 0.459 e. The number of aryl methyl sites for hydroxylation is 2. The van der Waals surface area contributed by atoms with E-state index in [-0.39, 0.29) is 24.5 Å². The molecular formula is C27H25N3O4S. The summed E-state index contributed by atoms with van der Waals surface area (Å²) in [4.78, 5) is 19.0.